The molecule has 0 radical (unpaired) electrons. The van der Waals surface area contributed by atoms with Gasteiger partial charge in [-0.25, -0.2) is 31.8 Å². The van der Waals surface area contributed by atoms with E-state index in [9.17, 15) is 21.6 Å². The van der Waals surface area contributed by atoms with Gasteiger partial charge in [0.1, 0.15) is 16.6 Å². The van der Waals surface area contributed by atoms with Crippen LogP contribution in [0.3, 0.4) is 0 Å². The van der Waals surface area contributed by atoms with Crippen LogP contribution >= 0.6 is 11.3 Å². The molecule has 0 unspecified atom stereocenters. The molecule has 1 amide bonds. The van der Waals surface area contributed by atoms with Crippen molar-refractivity contribution >= 4 is 60.0 Å². The molecule has 0 saturated carbocycles. The van der Waals surface area contributed by atoms with Gasteiger partial charge >= 0.3 is 0 Å². The lowest BCUT2D eigenvalue weighted by molar-refractivity contribution is 0.103. The minimum absolute atomic E-state index is 0.0160. The number of aromatic nitrogens is 5. The highest BCUT2D eigenvalue weighted by Crippen LogP contribution is 2.29. The van der Waals surface area contributed by atoms with Crippen LogP contribution in [0, 0.1) is 18.3 Å². The Morgan fingerprint density at radius 2 is 1.82 bits per heavy atom. The summed E-state index contributed by atoms with van der Waals surface area (Å²) in [5.74, 6) is -0.594. The lowest BCUT2D eigenvalue weighted by atomic mass is 10.3. The Morgan fingerprint density at radius 1 is 1.13 bits per heavy atom. The summed E-state index contributed by atoms with van der Waals surface area (Å²) in [6, 6.07) is 6.02. The van der Waals surface area contributed by atoms with Crippen molar-refractivity contribution < 1.29 is 21.6 Å². The number of nitriles is 1. The molecular formula is C20H23N11O5S3. The van der Waals surface area contributed by atoms with Gasteiger partial charge in [-0.1, -0.05) is 11.3 Å². The van der Waals surface area contributed by atoms with Crippen LogP contribution in [0.1, 0.15) is 21.1 Å². The van der Waals surface area contributed by atoms with E-state index in [1.54, 1.807) is 17.9 Å². The highest BCUT2D eigenvalue weighted by Gasteiger charge is 2.31. The van der Waals surface area contributed by atoms with Gasteiger partial charge in [0.2, 0.25) is 16.0 Å². The molecule has 0 aliphatic carbocycles. The number of piperazine rings is 1. The number of carbonyl (C=O) groups is 1. The summed E-state index contributed by atoms with van der Waals surface area (Å²) in [7, 11) is -6.46. The Kier molecular flexibility index (Phi) is 7.65. The summed E-state index contributed by atoms with van der Waals surface area (Å²) < 4.78 is 52.1. The zero-order valence-corrected chi connectivity index (χ0v) is 23.4. The maximum Gasteiger partial charge on any atom is 0.270 e. The van der Waals surface area contributed by atoms with Crippen LogP contribution in [0.15, 0.2) is 23.2 Å². The predicted molar refractivity (Wildman–Crippen MR) is 142 cm³/mol. The van der Waals surface area contributed by atoms with Gasteiger partial charge in [0.25, 0.3) is 15.9 Å². The van der Waals surface area contributed by atoms with Crippen LogP contribution in [0.4, 0.5) is 22.7 Å². The summed E-state index contributed by atoms with van der Waals surface area (Å²) in [5.41, 5.74) is 6.54. The number of nitrogens with one attached hydrogen (secondary N) is 1. The van der Waals surface area contributed by atoms with Crippen molar-refractivity contribution in [3.63, 3.8) is 0 Å². The van der Waals surface area contributed by atoms with Crippen molar-refractivity contribution in [2.45, 2.75) is 11.9 Å². The molecule has 0 aromatic carbocycles. The van der Waals surface area contributed by atoms with E-state index < -0.39 is 26.0 Å². The van der Waals surface area contributed by atoms with Crippen LogP contribution in [0.25, 0.3) is 0 Å². The number of hydrogen-bond donors (Lipinski definition) is 2. The molecule has 1 aliphatic heterocycles. The number of sulfonamides is 2. The minimum atomic E-state index is -3.99. The number of thiazole rings is 1. The van der Waals surface area contributed by atoms with Crippen molar-refractivity contribution in [3.8, 4) is 6.07 Å². The Bertz CT molecular complexity index is 1660. The van der Waals surface area contributed by atoms with Gasteiger partial charge in [-0.3, -0.25) is 9.10 Å². The normalized spacial score (nSPS) is 14.6. The van der Waals surface area contributed by atoms with Crippen LogP contribution in [0.5, 0.6) is 0 Å². The van der Waals surface area contributed by atoms with E-state index in [1.165, 1.54) is 23.5 Å². The molecular weight excluding hydrogens is 570 g/mol. The first kappa shape index (κ1) is 28.0. The van der Waals surface area contributed by atoms with Crippen molar-refractivity contribution in [2.75, 3.05) is 59.7 Å². The minimum Gasteiger partial charge on any atom is -0.375 e. The van der Waals surface area contributed by atoms with E-state index in [0.29, 0.717) is 24.7 Å². The molecule has 0 spiro atoms. The molecule has 3 aromatic rings. The van der Waals surface area contributed by atoms with E-state index in [4.69, 9.17) is 11.0 Å². The van der Waals surface area contributed by atoms with Gasteiger partial charge in [-0.05, 0) is 25.1 Å². The number of rotatable bonds is 7. The summed E-state index contributed by atoms with van der Waals surface area (Å²) in [6.07, 6.45) is 0.954. The molecule has 3 N–H and O–H groups in total. The number of anilines is 4. The highest BCUT2D eigenvalue weighted by molar-refractivity contribution is 7.92. The van der Waals surface area contributed by atoms with E-state index >= 15 is 0 Å². The molecule has 1 saturated heterocycles. The molecule has 19 heteroatoms. The fourth-order valence-electron chi connectivity index (χ4n) is 3.56. The zero-order chi connectivity index (χ0) is 28.5. The molecule has 39 heavy (non-hydrogen) atoms. The van der Waals surface area contributed by atoms with Crippen LogP contribution < -0.4 is 20.3 Å². The quantitative estimate of drug-likeness (QED) is 0.358. The first-order valence-electron chi connectivity index (χ1n) is 11.2. The topological polar surface area (TPSA) is 221 Å². The number of nitrogens with two attached hydrogens (primary N) is 1. The van der Waals surface area contributed by atoms with E-state index in [1.807, 2.05) is 6.07 Å². The Hall–Kier alpha value is -3.99. The second kappa shape index (κ2) is 10.6. The summed E-state index contributed by atoms with van der Waals surface area (Å²) in [6.45, 7) is 2.61. The standard InChI is InChI=1S/C20H23N11O5S3/c1-12-10-13(11-21)24-20(23-12)30-6-8-31(9-7-30)39(35,36)15-5-4-14(27-28-15)25-18(32)16-17(26-19(22)37-16)29(2)38(3,33)34/h4-5,10H,6-9H2,1-3H3,(H2,22,26)(H,25,27,32). The molecule has 16 nitrogen and oxygen atoms in total. The Morgan fingerprint density at radius 3 is 2.41 bits per heavy atom. The van der Waals surface area contributed by atoms with Crippen LogP contribution in [-0.2, 0) is 20.0 Å². The predicted octanol–water partition coefficient (Wildman–Crippen LogP) is -0.356. The fraction of sp³-hybridized carbons (Fsp3) is 0.350. The van der Waals surface area contributed by atoms with E-state index in [0.717, 1.165) is 21.9 Å². The number of hydrogen-bond acceptors (Lipinski definition) is 14. The number of aryl methyl sites for hydroxylation is 1. The number of carbonyl (C=O) groups excluding carboxylic acids is 1. The van der Waals surface area contributed by atoms with Crippen molar-refractivity contribution in [1.29, 1.82) is 5.26 Å². The van der Waals surface area contributed by atoms with Gasteiger partial charge in [0.15, 0.2) is 21.8 Å². The van der Waals surface area contributed by atoms with Gasteiger partial charge < -0.3 is 16.0 Å². The largest absolute Gasteiger partial charge is 0.375 e. The molecule has 4 heterocycles. The first-order chi connectivity index (χ1) is 18.3. The zero-order valence-electron chi connectivity index (χ0n) is 20.9. The molecule has 0 bridgehead atoms. The number of nitrogens with zero attached hydrogens (tertiary/aromatic N) is 9. The maximum atomic E-state index is 13.1. The van der Waals surface area contributed by atoms with Crippen molar-refractivity contribution in [1.82, 2.24) is 29.5 Å². The SMILES string of the molecule is Cc1cc(C#N)nc(N2CCN(S(=O)(=O)c3ccc(NC(=O)c4sc(N)nc4N(C)S(C)(=O)=O)nn3)CC2)n1. The second-order valence-electron chi connectivity index (χ2n) is 8.34. The average Bonchev–Trinajstić information content (AvgIpc) is 3.29. The van der Waals surface area contributed by atoms with E-state index in [2.05, 4.69) is 30.5 Å². The van der Waals surface area contributed by atoms with E-state index in [-0.39, 0.29) is 45.5 Å². The smallest absolute Gasteiger partial charge is 0.270 e. The molecule has 1 aliphatic rings. The first-order valence-corrected chi connectivity index (χ1v) is 15.3. The second-order valence-corrected chi connectivity index (χ2v) is 13.3. The monoisotopic (exact) mass is 593 g/mol. The molecule has 206 valence electrons. The van der Waals surface area contributed by atoms with Crippen molar-refractivity contribution in [3.05, 3.63) is 34.5 Å². The summed E-state index contributed by atoms with van der Waals surface area (Å²) in [4.78, 5) is 26.9. The third-order valence-electron chi connectivity index (χ3n) is 5.59. The van der Waals surface area contributed by atoms with Gasteiger partial charge in [0.05, 0.1) is 6.26 Å². The lowest BCUT2D eigenvalue weighted by Gasteiger charge is -2.33. The summed E-state index contributed by atoms with van der Waals surface area (Å²) in [5, 5.41) is 18.8. The highest BCUT2D eigenvalue weighted by atomic mass is 32.2. The fourth-order valence-corrected chi connectivity index (χ4v) is 6.11. The van der Waals surface area contributed by atoms with Crippen LogP contribution in [-0.4, -0.2) is 91.7 Å². The molecule has 1 fully saturated rings. The van der Waals surface area contributed by atoms with Crippen LogP contribution in [0.2, 0.25) is 0 Å². The Balaban J connectivity index is 1.44. The maximum absolute atomic E-state index is 13.1. The molecule has 3 aromatic heterocycles. The molecule has 0 atom stereocenters. The van der Waals surface area contributed by atoms with Gasteiger partial charge in [0, 0.05) is 38.9 Å². The third kappa shape index (κ3) is 6.03. The number of nitrogen functional groups attached to an aromatic ring is 1. The van der Waals surface area contributed by atoms with Gasteiger partial charge in [-0.2, -0.15) is 9.57 Å². The van der Waals surface area contributed by atoms with Crippen molar-refractivity contribution in [2.24, 2.45) is 0 Å². The average molecular weight is 594 g/mol. The van der Waals surface area contributed by atoms with Gasteiger partial charge in [-0.15, -0.1) is 10.2 Å². The number of amides is 1. The summed E-state index contributed by atoms with van der Waals surface area (Å²) >= 11 is 0.783. The third-order valence-corrected chi connectivity index (χ3v) is 9.42. The Labute approximate surface area is 228 Å². The lowest BCUT2D eigenvalue weighted by Crippen LogP contribution is -2.49. The molecule has 4 rings (SSSR count).